The Morgan fingerprint density at radius 1 is 1.29 bits per heavy atom. The Morgan fingerprint density at radius 2 is 1.94 bits per heavy atom. The summed E-state index contributed by atoms with van der Waals surface area (Å²) in [6.07, 6.45) is 1.63. The minimum absolute atomic E-state index is 0.0466. The van der Waals surface area contributed by atoms with Gasteiger partial charge in [-0.1, -0.05) is 32.4 Å². The molecule has 3 nitrogen and oxygen atoms in total. The van der Waals surface area contributed by atoms with E-state index in [0.717, 1.165) is 17.8 Å². The average molecular weight is 234 g/mol. The number of carbonyl (C=O) groups is 1. The summed E-state index contributed by atoms with van der Waals surface area (Å²) in [4.78, 5) is 11.2. The Hall–Kier alpha value is -1.51. The van der Waals surface area contributed by atoms with E-state index in [1.807, 2.05) is 24.3 Å². The molecule has 1 amide bonds. The first-order valence-corrected chi connectivity index (χ1v) is 6.19. The zero-order valence-electron chi connectivity index (χ0n) is 10.9. The van der Waals surface area contributed by atoms with Crippen LogP contribution in [0.5, 0.6) is 0 Å². The summed E-state index contributed by atoms with van der Waals surface area (Å²) >= 11 is 0. The van der Waals surface area contributed by atoms with E-state index in [-0.39, 0.29) is 5.91 Å². The van der Waals surface area contributed by atoms with Crippen LogP contribution in [0.3, 0.4) is 0 Å². The molecule has 17 heavy (non-hydrogen) atoms. The van der Waals surface area contributed by atoms with Crippen molar-refractivity contribution in [2.75, 3.05) is 18.9 Å². The standard InChI is InChI=1S/C14H22N2O/c1-4-11(2)10-16-13-7-5-12(6-8-13)9-14(17)15-3/h5-8,11,16H,4,9-10H2,1-3H3,(H,15,17). The molecule has 0 aliphatic rings. The lowest BCUT2D eigenvalue weighted by molar-refractivity contribution is -0.119. The molecule has 0 aliphatic heterocycles. The van der Waals surface area contributed by atoms with Crippen molar-refractivity contribution in [1.29, 1.82) is 0 Å². The molecule has 2 N–H and O–H groups in total. The van der Waals surface area contributed by atoms with E-state index in [9.17, 15) is 4.79 Å². The average Bonchev–Trinajstić information content (AvgIpc) is 2.37. The largest absolute Gasteiger partial charge is 0.385 e. The van der Waals surface area contributed by atoms with Gasteiger partial charge in [0, 0.05) is 19.3 Å². The van der Waals surface area contributed by atoms with Crippen LogP contribution in [0.1, 0.15) is 25.8 Å². The van der Waals surface area contributed by atoms with E-state index in [4.69, 9.17) is 0 Å². The van der Waals surface area contributed by atoms with E-state index in [0.29, 0.717) is 12.3 Å². The van der Waals surface area contributed by atoms with E-state index in [1.165, 1.54) is 6.42 Å². The van der Waals surface area contributed by atoms with Crippen molar-refractivity contribution in [2.45, 2.75) is 26.7 Å². The summed E-state index contributed by atoms with van der Waals surface area (Å²) in [6.45, 7) is 5.41. The monoisotopic (exact) mass is 234 g/mol. The number of anilines is 1. The predicted molar refractivity (Wildman–Crippen MR) is 72.2 cm³/mol. The van der Waals surface area contributed by atoms with Gasteiger partial charge in [-0.25, -0.2) is 0 Å². The molecule has 0 aromatic heterocycles. The predicted octanol–water partition coefficient (Wildman–Crippen LogP) is 2.43. The lowest BCUT2D eigenvalue weighted by Crippen LogP contribution is -2.19. The van der Waals surface area contributed by atoms with Crippen molar-refractivity contribution in [1.82, 2.24) is 5.32 Å². The number of hydrogen-bond donors (Lipinski definition) is 2. The maximum Gasteiger partial charge on any atom is 0.224 e. The molecule has 1 rings (SSSR count). The zero-order chi connectivity index (χ0) is 12.7. The molecular weight excluding hydrogens is 212 g/mol. The molecule has 0 fully saturated rings. The SMILES string of the molecule is CCC(C)CNc1ccc(CC(=O)NC)cc1. The first-order chi connectivity index (χ1) is 8.15. The highest BCUT2D eigenvalue weighted by atomic mass is 16.1. The number of hydrogen-bond acceptors (Lipinski definition) is 2. The second kappa shape index (κ2) is 6.94. The third-order valence-corrected chi connectivity index (χ3v) is 2.95. The molecule has 0 saturated heterocycles. The van der Waals surface area contributed by atoms with Crippen molar-refractivity contribution < 1.29 is 4.79 Å². The minimum Gasteiger partial charge on any atom is -0.385 e. The topological polar surface area (TPSA) is 41.1 Å². The molecule has 1 unspecified atom stereocenters. The molecule has 0 saturated carbocycles. The molecular formula is C14H22N2O. The molecule has 0 bridgehead atoms. The molecule has 0 heterocycles. The molecule has 1 atom stereocenters. The van der Waals surface area contributed by atoms with Gasteiger partial charge in [-0.3, -0.25) is 4.79 Å². The first-order valence-electron chi connectivity index (χ1n) is 6.19. The van der Waals surface area contributed by atoms with Crippen LogP contribution >= 0.6 is 0 Å². The van der Waals surface area contributed by atoms with Crippen molar-refractivity contribution in [3.8, 4) is 0 Å². The van der Waals surface area contributed by atoms with E-state index in [1.54, 1.807) is 7.05 Å². The fourth-order valence-corrected chi connectivity index (χ4v) is 1.45. The highest BCUT2D eigenvalue weighted by Crippen LogP contribution is 2.11. The van der Waals surface area contributed by atoms with Crippen molar-refractivity contribution in [3.05, 3.63) is 29.8 Å². The maximum atomic E-state index is 11.2. The van der Waals surface area contributed by atoms with E-state index >= 15 is 0 Å². The summed E-state index contributed by atoms with van der Waals surface area (Å²) in [5.74, 6) is 0.728. The van der Waals surface area contributed by atoms with Crippen LogP contribution in [-0.4, -0.2) is 19.5 Å². The highest BCUT2D eigenvalue weighted by Gasteiger charge is 2.01. The molecule has 0 spiro atoms. The number of nitrogens with one attached hydrogen (secondary N) is 2. The number of rotatable bonds is 6. The van der Waals surface area contributed by atoms with Crippen LogP contribution < -0.4 is 10.6 Å². The van der Waals surface area contributed by atoms with Gasteiger partial charge in [-0.05, 0) is 23.6 Å². The minimum atomic E-state index is 0.0466. The Bertz CT molecular complexity index is 346. The van der Waals surface area contributed by atoms with E-state index < -0.39 is 0 Å². The Balaban J connectivity index is 2.47. The smallest absolute Gasteiger partial charge is 0.224 e. The number of amides is 1. The lowest BCUT2D eigenvalue weighted by Gasteiger charge is -2.11. The van der Waals surface area contributed by atoms with Crippen LogP contribution in [0.4, 0.5) is 5.69 Å². The molecule has 1 aromatic carbocycles. The van der Waals surface area contributed by atoms with Crippen molar-refractivity contribution in [2.24, 2.45) is 5.92 Å². The molecule has 94 valence electrons. The summed E-state index contributed by atoms with van der Waals surface area (Å²) < 4.78 is 0. The fourth-order valence-electron chi connectivity index (χ4n) is 1.45. The third-order valence-electron chi connectivity index (χ3n) is 2.95. The second-order valence-corrected chi connectivity index (χ2v) is 4.44. The lowest BCUT2D eigenvalue weighted by atomic mass is 10.1. The first kappa shape index (κ1) is 13.6. The maximum absolute atomic E-state index is 11.2. The molecule has 3 heteroatoms. The number of benzene rings is 1. The van der Waals surface area contributed by atoms with Gasteiger partial charge in [0.1, 0.15) is 0 Å². The highest BCUT2D eigenvalue weighted by molar-refractivity contribution is 5.78. The summed E-state index contributed by atoms with van der Waals surface area (Å²) in [5.41, 5.74) is 2.16. The van der Waals surface area contributed by atoms with Crippen molar-refractivity contribution in [3.63, 3.8) is 0 Å². The Morgan fingerprint density at radius 3 is 2.47 bits per heavy atom. The van der Waals surface area contributed by atoms with Gasteiger partial charge in [0.25, 0.3) is 0 Å². The van der Waals surface area contributed by atoms with Gasteiger partial charge in [0.2, 0.25) is 5.91 Å². The number of carbonyl (C=O) groups excluding carboxylic acids is 1. The molecule has 0 aliphatic carbocycles. The van der Waals surface area contributed by atoms with Crippen LogP contribution in [0.15, 0.2) is 24.3 Å². The van der Waals surface area contributed by atoms with E-state index in [2.05, 4.69) is 24.5 Å². The molecule has 1 aromatic rings. The quantitative estimate of drug-likeness (QED) is 0.793. The summed E-state index contributed by atoms with van der Waals surface area (Å²) in [5, 5.41) is 6.01. The van der Waals surface area contributed by atoms with Gasteiger partial charge in [-0.2, -0.15) is 0 Å². The summed E-state index contributed by atoms with van der Waals surface area (Å²) in [7, 11) is 1.66. The van der Waals surface area contributed by atoms with Crippen LogP contribution in [-0.2, 0) is 11.2 Å². The fraction of sp³-hybridized carbons (Fsp3) is 0.500. The normalized spacial score (nSPS) is 11.9. The van der Waals surface area contributed by atoms with Crippen LogP contribution in [0, 0.1) is 5.92 Å². The Labute approximate surface area is 104 Å². The number of likely N-dealkylation sites (N-methyl/N-ethyl adjacent to an activating group) is 1. The molecule has 0 radical (unpaired) electrons. The van der Waals surface area contributed by atoms with Gasteiger partial charge in [0.15, 0.2) is 0 Å². The summed E-state index contributed by atoms with van der Waals surface area (Å²) in [6, 6.07) is 8.05. The zero-order valence-corrected chi connectivity index (χ0v) is 10.9. The van der Waals surface area contributed by atoms with Gasteiger partial charge < -0.3 is 10.6 Å². The van der Waals surface area contributed by atoms with Crippen LogP contribution in [0.2, 0.25) is 0 Å². The van der Waals surface area contributed by atoms with Crippen molar-refractivity contribution >= 4 is 11.6 Å². The third kappa shape index (κ3) is 4.89. The van der Waals surface area contributed by atoms with Crippen LogP contribution in [0.25, 0.3) is 0 Å². The van der Waals surface area contributed by atoms with Gasteiger partial charge in [0.05, 0.1) is 6.42 Å². The van der Waals surface area contributed by atoms with Gasteiger partial charge >= 0.3 is 0 Å². The second-order valence-electron chi connectivity index (χ2n) is 4.44. The Kier molecular flexibility index (Phi) is 5.53. The van der Waals surface area contributed by atoms with Gasteiger partial charge in [-0.15, -0.1) is 0 Å².